The highest BCUT2D eigenvalue weighted by molar-refractivity contribution is 6.34. The van der Waals surface area contributed by atoms with E-state index in [0.717, 1.165) is 0 Å². The number of carboxylic acids is 1. The fourth-order valence-electron chi connectivity index (χ4n) is 2.24. The SMILES string of the molecule is NC1CCCCC1.O=C(O)C(F)(F)C(F)(Cl)C(F)(F)C(F)(Cl)C(F)(F)C(F)(Cl)C(F)(F)Cl. The number of carbonyl (C=O) groups is 1. The van der Waals surface area contributed by atoms with E-state index in [2.05, 4.69) is 46.4 Å². The molecule has 3 nitrogen and oxygen atoms in total. The highest BCUT2D eigenvalue weighted by Crippen LogP contribution is 2.64. The first kappa shape index (κ1) is 31.8. The predicted molar refractivity (Wildman–Crippen MR) is 93.4 cm³/mol. The average Bonchev–Trinajstić information content (AvgIpc) is 2.60. The Morgan fingerprint density at radius 2 is 1.03 bits per heavy atom. The summed E-state index contributed by atoms with van der Waals surface area (Å²) in [6.07, 6.45) is 6.66. The maximum atomic E-state index is 13.7. The van der Waals surface area contributed by atoms with E-state index in [-0.39, 0.29) is 0 Å². The van der Waals surface area contributed by atoms with Crippen LogP contribution < -0.4 is 5.73 Å². The van der Waals surface area contributed by atoms with Crippen molar-refractivity contribution in [3.63, 3.8) is 0 Å². The molecule has 0 saturated heterocycles. The molecule has 0 bridgehead atoms. The Morgan fingerprint density at radius 1 is 0.688 bits per heavy atom. The first-order valence-corrected chi connectivity index (χ1v) is 9.67. The summed E-state index contributed by atoms with van der Waals surface area (Å²) in [5.41, 5.74) is 5.63. The molecule has 0 amide bonds. The third-order valence-corrected chi connectivity index (χ3v) is 6.03. The van der Waals surface area contributed by atoms with Crippen LogP contribution >= 0.6 is 46.4 Å². The molecule has 32 heavy (non-hydrogen) atoms. The fourth-order valence-corrected chi connectivity index (χ4v) is 3.05. The number of alkyl halides is 15. The summed E-state index contributed by atoms with van der Waals surface area (Å²) in [5, 5.41) is -17.9. The summed E-state index contributed by atoms with van der Waals surface area (Å²) in [4.78, 5) is 10.0. The lowest BCUT2D eigenvalue weighted by atomic mass is 9.94. The van der Waals surface area contributed by atoms with Crippen LogP contribution in [0, 0.1) is 0 Å². The number of halogens is 15. The first-order chi connectivity index (χ1) is 13.8. The molecule has 1 rings (SSSR count). The smallest absolute Gasteiger partial charge is 0.395 e. The molecule has 18 heteroatoms. The van der Waals surface area contributed by atoms with Crippen molar-refractivity contribution >= 4 is 52.4 Å². The van der Waals surface area contributed by atoms with Gasteiger partial charge in [0.1, 0.15) is 0 Å². The second-order valence-electron chi connectivity index (χ2n) is 6.65. The van der Waals surface area contributed by atoms with Gasteiger partial charge in [0.25, 0.3) is 0 Å². The van der Waals surface area contributed by atoms with Gasteiger partial charge in [-0.25, -0.2) is 18.0 Å². The average molecular weight is 579 g/mol. The summed E-state index contributed by atoms with van der Waals surface area (Å²) in [7, 11) is 0. The zero-order valence-corrected chi connectivity index (χ0v) is 18.2. The van der Waals surface area contributed by atoms with Crippen molar-refractivity contribution in [2.75, 3.05) is 0 Å². The van der Waals surface area contributed by atoms with E-state index in [0.29, 0.717) is 6.04 Å². The third kappa shape index (κ3) is 5.38. The van der Waals surface area contributed by atoms with Crippen LogP contribution in [-0.4, -0.2) is 55.7 Å². The highest BCUT2D eigenvalue weighted by atomic mass is 35.5. The molecule has 0 heterocycles. The standard InChI is InChI=1S/C8HCl4F11O2.C6H13N/c9-3(15,2(13,14)1(24)25)6(18,19)4(10,16)7(20,21)5(11,17)8(12,22)23;7-6-4-2-1-3-5-6/h(H,24,25);6H,1-5,7H2. The zero-order chi connectivity index (χ0) is 26.2. The minimum atomic E-state index is -7.23. The van der Waals surface area contributed by atoms with Gasteiger partial charge in [-0.1, -0.05) is 54.1 Å². The molecule has 0 aromatic rings. The Bertz CT molecular complexity index is 666. The Hall–Kier alpha value is -0.180. The predicted octanol–water partition coefficient (Wildman–Crippen LogP) is 6.80. The van der Waals surface area contributed by atoms with Crippen LogP contribution in [0.4, 0.5) is 48.3 Å². The van der Waals surface area contributed by atoms with Crippen molar-refractivity contribution in [1.82, 2.24) is 0 Å². The quantitative estimate of drug-likeness (QED) is 0.258. The van der Waals surface area contributed by atoms with Crippen molar-refractivity contribution < 1.29 is 58.2 Å². The van der Waals surface area contributed by atoms with Gasteiger partial charge in [-0.05, 0) is 24.4 Å². The van der Waals surface area contributed by atoms with Gasteiger partial charge in [-0.3, -0.25) is 0 Å². The Morgan fingerprint density at radius 3 is 1.28 bits per heavy atom. The van der Waals surface area contributed by atoms with Crippen molar-refractivity contribution in [2.45, 2.75) is 76.7 Å². The van der Waals surface area contributed by atoms with Crippen LogP contribution in [0.3, 0.4) is 0 Å². The van der Waals surface area contributed by atoms with Crippen LogP contribution in [0.15, 0.2) is 0 Å². The molecule has 3 atom stereocenters. The molecule has 0 aromatic carbocycles. The van der Waals surface area contributed by atoms with Gasteiger partial charge >= 0.3 is 44.5 Å². The van der Waals surface area contributed by atoms with Crippen LogP contribution in [0.25, 0.3) is 0 Å². The van der Waals surface area contributed by atoms with Gasteiger partial charge < -0.3 is 10.8 Å². The van der Waals surface area contributed by atoms with Gasteiger partial charge in [0.15, 0.2) is 0 Å². The number of carboxylic acid groups (broad SMARTS) is 1. The van der Waals surface area contributed by atoms with E-state index in [9.17, 15) is 53.1 Å². The molecule has 3 unspecified atom stereocenters. The van der Waals surface area contributed by atoms with Crippen molar-refractivity contribution in [3.05, 3.63) is 0 Å². The van der Waals surface area contributed by atoms with Crippen LogP contribution in [0.1, 0.15) is 32.1 Å². The van der Waals surface area contributed by atoms with Gasteiger partial charge in [-0.2, -0.15) is 35.1 Å². The van der Waals surface area contributed by atoms with Crippen molar-refractivity contribution in [2.24, 2.45) is 5.73 Å². The monoisotopic (exact) mass is 577 g/mol. The lowest BCUT2D eigenvalue weighted by Crippen LogP contribution is -2.72. The number of nitrogens with two attached hydrogens (primary N) is 1. The second-order valence-corrected chi connectivity index (χ2v) is 8.68. The van der Waals surface area contributed by atoms with Crippen LogP contribution in [0.5, 0.6) is 0 Å². The Balaban J connectivity index is 0.00000115. The molecule has 1 aliphatic rings. The maximum Gasteiger partial charge on any atom is 0.395 e. The molecule has 0 radical (unpaired) electrons. The Labute approximate surface area is 193 Å². The van der Waals surface area contributed by atoms with E-state index in [4.69, 9.17) is 10.8 Å². The normalized spacial score (nSPS) is 22.6. The number of hydrogen-bond acceptors (Lipinski definition) is 2. The molecule has 192 valence electrons. The topological polar surface area (TPSA) is 63.3 Å². The second kappa shape index (κ2) is 9.82. The highest BCUT2D eigenvalue weighted by Gasteiger charge is 2.90. The molecule has 1 aliphatic carbocycles. The summed E-state index contributed by atoms with van der Waals surface area (Å²) in [5.74, 6) is -24.7. The summed E-state index contributed by atoms with van der Waals surface area (Å²) < 4.78 is 145. The minimum absolute atomic E-state index is 0.536. The zero-order valence-electron chi connectivity index (χ0n) is 15.2. The lowest BCUT2D eigenvalue weighted by Gasteiger charge is -2.43. The van der Waals surface area contributed by atoms with Crippen molar-refractivity contribution in [1.29, 1.82) is 0 Å². The first-order valence-electron chi connectivity index (χ1n) is 8.16. The molecule has 1 saturated carbocycles. The number of hydrogen-bond donors (Lipinski definition) is 2. The largest absolute Gasteiger partial charge is 0.477 e. The minimum Gasteiger partial charge on any atom is -0.477 e. The van der Waals surface area contributed by atoms with Gasteiger partial charge in [-0.15, -0.1) is 0 Å². The van der Waals surface area contributed by atoms with Gasteiger partial charge in [0, 0.05) is 6.04 Å². The molecule has 0 aromatic heterocycles. The molecule has 3 N–H and O–H groups in total. The molecule has 0 spiro atoms. The van der Waals surface area contributed by atoms with Crippen LogP contribution in [0.2, 0.25) is 0 Å². The summed E-state index contributed by atoms with van der Waals surface area (Å²) >= 11 is 15.4. The molecule has 0 aliphatic heterocycles. The van der Waals surface area contributed by atoms with E-state index in [1.54, 1.807) is 0 Å². The summed E-state index contributed by atoms with van der Waals surface area (Å²) in [6.45, 7) is 0. The molecular weight excluding hydrogens is 565 g/mol. The van der Waals surface area contributed by atoms with Crippen molar-refractivity contribution in [3.8, 4) is 0 Å². The lowest BCUT2D eigenvalue weighted by molar-refractivity contribution is -0.305. The number of rotatable bonds is 7. The van der Waals surface area contributed by atoms with E-state index < -0.39 is 44.5 Å². The third-order valence-electron chi connectivity index (χ3n) is 4.25. The Kier molecular flexibility index (Phi) is 9.77. The van der Waals surface area contributed by atoms with E-state index >= 15 is 0 Å². The van der Waals surface area contributed by atoms with Gasteiger partial charge in [0.05, 0.1) is 0 Å². The van der Waals surface area contributed by atoms with Gasteiger partial charge in [0.2, 0.25) is 0 Å². The molecule has 1 fully saturated rings. The number of aliphatic carboxylic acids is 1. The molecular formula is C14H14Cl4F11NO2. The summed E-state index contributed by atoms with van der Waals surface area (Å²) in [6, 6.07) is 0.536. The van der Waals surface area contributed by atoms with E-state index in [1.165, 1.54) is 32.1 Å². The fraction of sp³-hybridized carbons (Fsp3) is 0.929. The maximum absolute atomic E-state index is 13.7. The van der Waals surface area contributed by atoms with Crippen LogP contribution in [-0.2, 0) is 4.79 Å². The van der Waals surface area contributed by atoms with E-state index in [1.807, 2.05) is 0 Å².